The van der Waals surface area contributed by atoms with E-state index < -0.39 is 26.5 Å². The van der Waals surface area contributed by atoms with Crippen molar-refractivity contribution in [3.05, 3.63) is 34.1 Å². The SMILES string of the molecule is O=[N+]([O-])c1cc(S(=O)(=O)NC2C3CNCC32)ccc1F. The van der Waals surface area contributed by atoms with Crippen molar-refractivity contribution in [2.45, 2.75) is 10.9 Å². The molecule has 2 atom stereocenters. The highest BCUT2D eigenvalue weighted by Gasteiger charge is 2.54. The fourth-order valence-corrected chi connectivity index (χ4v) is 4.00. The van der Waals surface area contributed by atoms with Crippen LogP contribution in [0.3, 0.4) is 0 Å². The fraction of sp³-hybridized carbons (Fsp3) is 0.455. The topological polar surface area (TPSA) is 101 Å². The summed E-state index contributed by atoms with van der Waals surface area (Å²) in [4.78, 5) is 9.41. The average molecular weight is 301 g/mol. The number of nitrogens with zero attached hydrogens (tertiary/aromatic N) is 1. The van der Waals surface area contributed by atoms with Gasteiger partial charge in [-0.2, -0.15) is 4.39 Å². The van der Waals surface area contributed by atoms with Gasteiger partial charge in [-0.05, 0) is 37.1 Å². The number of hydrogen-bond donors (Lipinski definition) is 2. The highest BCUT2D eigenvalue weighted by atomic mass is 32.2. The van der Waals surface area contributed by atoms with Gasteiger partial charge in [-0.1, -0.05) is 0 Å². The molecule has 1 saturated carbocycles. The summed E-state index contributed by atoms with van der Waals surface area (Å²) in [6, 6.07) is 2.43. The molecule has 0 spiro atoms. The van der Waals surface area contributed by atoms with Crippen LogP contribution in [0.25, 0.3) is 0 Å². The molecule has 0 amide bonds. The molecule has 0 aromatic heterocycles. The number of nitrogens with one attached hydrogen (secondary N) is 2. The Bertz CT molecular complexity index is 668. The van der Waals surface area contributed by atoms with Crippen LogP contribution in [0.2, 0.25) is 0 Å². The summed E-state index contributed by atoms with van der Waals surface area (Å²) in [6.07, 6.45) is 0. The predicted octanol–water partition coefficient (Wildman–Crippen LogP) is 0.230. The molecule has 108 valence electrons. The van der Waals surface area contributed by atoms with Gasteiger partial charge in [0.2, 0.25) is 15.8 Å². The molecule has 0 bridgehead atoms. The zero-order chi connectivity index (χ0) is 14.5. The Morgan fingerprint density at radius 3 is 2.60 bits per heavy atom. The van der Waals surface area contributed by atoms with Crippen LogP contribution in [0.4, 0.5) is 10.1 Å². The summed E-state index contributed by atoms with van der Waals surface area (Å²) in [7, 11) is -3.86. The maximum Gasteiger partial charge on any atom is 0.306 e. The third kappa shape index (κ3) is 2.17. The van der Waals surface area contributed by atoms with E-state index in [0.717, 1.165) is 31.3 Å². The number of fused-ring (bicyclic) bond motifs is 1. The molecule has 3 rings (SSSR count). The molecule has 2 aliphatic rings. The molecule has 1 aromatic rings. The minimum Gasteiger partial charge on any atom is -0.316 e. The van der Waals surface area contributed by atoms with E-state index in [1.165, 1.54) is 0 Å². The molecule has 1 heterocycles. The van der Waals surface area contributed by atoms with Gasteiger partial charge < -0.3 is 5.32 Å². The van der Waals surface area contributed by atoms with Crippen molar-refractivity contribution in [1.82, 2.24) is 10.0 Å². The Labute approximate surface area is 114 Å². The number of benzene rings is 1. The number of sulfonamides is 1. The molecular weight excluding hydrogens is 289 g/mol. The van der Waals surface area contributed by atoms with Crippen molar-refractivity contribution in [1.29, 1.82) is 0 Å². The lowest BCUT2D eigenvalue weighted by Gasteiger charge is -2.08. The van der Waals surface area contributed by atoms with Crippen LogP contribution >= 0.6 is 0 Å². The fourth-order valence-electron chi connectivity index (χ4n) is 2.64. The number of hydrogen-bond acceptors (Lipinski definition) is 5. The maximum absolute atomic E-state index is 13.2. The van der Waals surface area contributed by atoms with Gasteiger partial charge in [-0.25, -0.2) is 13.1 Å². The highest BCUT2D eigenvalue weighted by molar-refractivity contribution is 7.89. The molecular formula is C11H12FN3O4S. The summed E-state index contributed by atoms with van der Waals surface area (Å²) in [6.45, 7) is 1.53. The molecule has 2 N–H and O–H groups in total. The van der Waals surface area contributed by atoms with E-state index in [9.17, 15) is 22.9 Å². The Balaban J connectivity index is 1.84. The minimum atomic E-state index is -3.86. The number of rotatable bonds is 4. The van der Waals surface area contributed by atoms with E-state index in [-0.39, 0.29) is 22.8 Å². The molecule has 1 aromatic carbocycles. The Hall–Kier alpha value is -1.58. The van der Waals surface area contributed by atoms with E-state index in [4.69, 9.17) is 0 Å². The van der Waals surface area contributed by atoms with Gasteiger partial charge in [-0.3, -0.25) is 10.1 Å². The van der Waals surface area contributed by atoms with Crippen molar-refractivity contribution in [3.63, 3.8) is 0 Å². The second-order valence-electron chi connectivity index (χ2n) is 5.00. The Morgan fingerprint density at radius 2 is 2.00 bits per heavy atom. The van der Waals surface area contributed by atoms with Crippen molar-refractivity contribution >= 4 is 15.7 Å². The van der Waals surface area contributed by atoms with E-state index in [1.54, 1.807) is 0 Å². The first-order valence-electron chi connectivity index (χ1n) is 6.07. The zero-order valence-electron chi connectivity index (χ0n) is 10.2. The summed E-state index contributed by atoms with van der Waals surface area (Å²) in [5.74, 6) is -0.498. The van der Waals surface area contributed by atoms with Crippen LogP contribution in [-0.4, -0.2) is 32.5 Å². The number of halogens is 1. The maximum atomic E-state index is 13.2. The van der Waals surface area contributed by atoms with Crippen molar-refractivity contribution < 1.29 is 17.7 Å². The highest BCUT2D eigenvalue weighted by Crippen LogP contribution is 2.42. The van der Waals surface area contributed by atoms with Crippen LogP contribution in [0.1, 0.15) is 0 Å². The van der Waals surface area contributed by atoms with Gasteiger partial charge in [0, 0.05) is 12.1 Å². The van der Waals surface area contributed by atoms with Crippen molar-refractivity contribution in [2.24, 2.45) is 11.8 Å². The average Bonchev–Trinajstić information content (AvgIpc) is 2.83. The van der Waals surface area contributed by atoms with Crippen LogP contribution in [0, 0.1) is 27.8 Å². The summed E-state index contributed by atoms with van der Waals surface area (Å²) < 4.78 is 40.0. The number of piperidine rings is 1. The molecule has 1 saturated heterocycles. The normalized spacial score (nSPS) is 28.1. The lowest BCUT2D eigenvalue weighted by molar-refractivity contribution is -0.387. The summed E-state index contributed by atoms with van der Waals surface area (Å²) in [5.41, 5.74) is -0.842. The smallest absolute Gasteiger partial charge is 0.306 e. The summed E-state index contributed by atoms with van der Waals surface area (Å²) >= 11 is 0. The lowest BCUT2D eigenvalue weighted by atomic mass is 10.3. The third-order valence-electron chi connectivity index (χ3n) is 3.81. The van der Waals surface area contributed by atoms with Crippen LogP contribution in [0.15, 0.2) is 23.1 Å². The van der Waals surface area contributed by atoms with Gasteiger partial charge in [0.25, 0.3) is 0 Å². The zero-order valence-corrected chi connectivity index (χ0v) is 11.1. The van der Waals surface area contributed by atoms with E-state index in [0.29, 0.717) is 0 Å². The second-order valence-corrected chi connectivity index (χ2v) is 6.72. The van der Waals surface area contributed by atoms with Gasteiger partial charge in [0.05, 0.1) is 9.82 Å². The lowest BCUT2D eigenvalue weighted by Crippen LogP contribution is -2.32. The quantitative estimate of drug-likeness (QED) is 0.612. The standard InChI is InChI=1S/C11H12FN3O4S/c12-9-2-1-6(3-10(9)15(16)17)20(18,19)14-11-7-4-13-5-8(7)11/h1-3,7-8,11,13-14H,4-5H2. The number of nitro groups is 1. The summed E-state index contributed by atoms with van der Waals surface area (Å²) in [5, 5.41) is 13.8. The Morgan fingerprint density at radius 1 is 1.35 bits per heavy atom. The first-order chi connectivity index (χ1) is 9.40. The van der Waals surface area contributed by atoms with Crippen molar-refractivity contribution in [3.8, 4) is 0 Å². The number of nitro benzene ring substituents is 1. The molecule has 1 aliphatic carbocycles. The van der Waals surface area contributed by atoms with Crippen molar-refractivity contribution in [2.75, 3.05) is 13.1 Å². The first kappa shape index (κ1) is 13.4. The van der Waals surface area contributed by atoms with Gasteiger partial charge in [-0.15, -0.1) is 0 Å². The first-order valence-corrected chi connectivity index (χ1v) is 7.55. The van der Waals surface area contributed by atoms with Gasteiger partial charge >= 0.3 is 5.69 Å². The van der Waals surface area contributed by atoms with E-state index >= 15 is 0 Å². The molecule has 9 heteroatoms. The molecule has 7 nitrogen and oxygen atoms in total. The molecule has 2 fully saturated rings. The minimum absolute atomic E-state index is 0.134. The molecule has 20 heavy (non-hydrogen) atoms. The molecule has 0 radical (unpaired) electrons. The van der Waals surface area contributed by atoms with E-state index in [1.807, 2.05) is 0 Å². The molecule has 2 unspecified atom stereocenters. The third-order valence-corrected chi connectivity index (χ3v) is 5.26. The van der Waals surface area contributed by atoms with Gasteiger partial charge in [0.1, 0.15) is 0 Å². The predicted molar refractivity (Wildman–Crippen MR) is 67.0 cm³/mol. The van der Waals surface area contributed by atoms with Crippen LogP contribution in [0.5, 0.6) is 0 Å². The van der Waals surface area contributed by atoms with Crippen LogP contribution < -0.4 is 10.0 Å². The van der Waals surface area contributed by atoms with Crippen LogP contribution in [-0.2, 0) is 10.0 Å². The monoisotopic (exact) mass is 301 g/mol. The van der Waals surface area contributed by atoms with Gasteiger partial charge in [0.15, 0.2) is 0 Å². The largest absolute Gasteiger partial charge is 0.316 e. The van der Waals surface area contributed by atoms with E-state index in [2.05, 4.69) is 10.0 Å². The Kier molecular flexibility index (Phi) is 3.00. The second kappa shape index (κ2) is 4.47. The molecule has 1 aliphatic heterocycles.